The number of aromatic nitrogens is 2. The lowest BCUT2D eigenvalue weighted by Crippen LogP contribution is -2.33. The van der Waals surface area contributed by atoms with Gasteiger partial charge in [-0.15, -0.1) is 11.3 Å². The molecule has 122 valence electrons. The minimum absolute atomic E-state index is 0.0879. The van der Waals surface area contributed by atoms with Gasteiger partial charge in [-0.1, -0.05) is 18.2 Å². The fraction of sp³-hybridized carbons (Fsp3) is 0.294. The molecule has 4 rings (SSSR count). The Bertz CT molecular complexity index is 873. The zero-order valence-electron chi connectivity index (χ0n) is 13.0. The van der Waals surface area contributed by atoms with Gasteiger partial charge in [0.05, 0.1) is 16.0 Å². The monoisotopic (exact) mass is 340 g/mol. The van der Waals surface area contributed by atoms with Crippen molar-refractivity contribution >= 4 is 33.6 Å². The van der Waals surface area contributed by atoms with Crippen molar-refractivity contribution in [3.8, 4) is 0 Å². The standard InChI is InChI=1S/C17H16N4O2S/c22-21(23)15-9-19-14-4-2-1-3-13(14)17(15)20-7-5-12(6-8-20)16-10-18-11-24-16/h1-4,9-12H,5-8H2. The SMILES string of the molecule is O=[N+]([O-])c1cnc2ccccc2c1N1CCC(c2cncs2)CC1. The van der Waals surface area contributed by atoms with E-state index in [4.69, 9.17) is 0 Å². The van der Waals surface area contributed by atoms with Crippen LogP contribution in [0, 0.1) is 10.1 Å². The second kappa shape index (κ2) is 6.16. The number of benzene rings is 1. The molecule has 1 aliphatic heterocycles. The van der Waals surface area contributed by atoms with Gasteiger partial charge in [-0.2, -0.15) is 0 Å². The van der Waals surface area contributed by atoms with Gasteiger partial charge < -0.3 is 4.90 Å². The van der Waals surface area contributed by atoms with Gasteiger partial charge in [0.25, 0.3) is 0 Å². The quantitative estimate of drug-likeness (QED) is 0.532. The van der Waals surface area contributed by atoms with Gasteiger partial charge in [-0.25, -0.2) is 4.98 Å². The van der Waals surface area contributed by atoms with Gasteiger partial charge in [0.2, 0.25) is 0 Å². The van der Waals surface area contributed by atoms with Crippen LogP contribution in [-0.4, -0.2) is 28.0 Å². The summed E-state index contributed by atoms with van der Waals surface area (Å²) in [4.78, 5) is 23.0. The van der Waals surface area contributed by atoms with Crippen LogP contribution in [0.25, 0.3) is 10.9 Å². The molecule has 7 heteroatoms. The van der Waals surface area contributed by atoms with Crippen LogP contribution < -0.4 is 4.90 Å². The first-order valence-electron chi connectivity index (χ1n) is 7.89. The van der Waals surface area contributed by atoms with Crippen LogP contribution in [0.15, 0.2) is 42.2 Å². The Morgan fingerprint density at radius 3 is 2.71 bits per heavy atom. The molecule has 0 atom stereocenters. The zero-order valence-corrected chi connectivity index (χ0v) is 13.8. The third-order valence-corrected chi connectivity index (χ3v) is 5.53. The highest BCUT2D eigenvalue weighted by molar-refractivity contribution is 7.09. The van der Waals surface area contributed by atoms with Crippen LogP contribution >= 0.6 is 11.3 Å². The van der Waals surface area contributed by atoms with Crippen LogP contribution in [0.1, 0.15) is 23.6 Å². The number of nitro groups is 1. The molecule has 0 unspecified atom stereocenters. The molecule has 24 heavy (non-hydrogen) atoms. The summed E-state index contributed by atoms with van der Waals surface area (Å²) in [5.74, 6) is 0.501. The Balaban J connectivity index is 1.69. The topological polar surface area (TPSA) is 72.2 Å². The number of thiazole rings is 1. The molecule has 3 heterocycles. The summed E-state index contributed by atoms with van der Waals surface area (Å²) in [5, 5.41) is 12.3. The molecule has 0 amide bonds. The van der Waals surface area contributed by atoms with E-state index in [9.17, 15) is 10.1 Å². The molecule has 1 saturated heterocycles. The Morgan fingerprint density at radius 1 is 1.21 bits per heavy atom. The number of hydrogen-bond donors (Lipinski definition) is 0. The molecule has 1 aliphatic rings. The lowest BCUT2D eigenvalue weighted by molar-refractivity contribution is -0.384. The van der Waals surface area contributed by atoms with E-state index in [1.807, 2.05) is 36.0 Å². The predicted molar refractivity (Wildman–Crippen MR) is 94.7 cm³/mol. The molecule has 2 aromatic heterocycles. The van der Waals surface area contributed by atoms with Gasteiger partial charge >= 0.3 is 5.69 Å². The van der Waals surface area contributed by atoms with Gasteiger partial charge in [-0.05, 0) is 24.8 Å². The van der Waals surface area contributed by atoms with Crippen molar-refractivity contribution < 1.29 is 4.92 Å². The smallest absolute Gasteiger partial charge is 0.311 e. The number of fused-ring (bicyclic) bond motifs is 1. The molecule has 0 bridgehead atoms. The van der Waals surface area contributed by atoms with Crippen molar-refractivity contribution in [3.63, 3.8) is 0 Å². The maximum atomic E-state index is 11.5. The molecule has 0 radical (unpaired) electrons. The van der Waals surface area contributed by atoms with Crippen LogP contribution in [-0.2, 0) is 0 Å². The Kier molecular flexibility index (Phi) is 3.86. The van der Waals surface area contributed by atoms with Crippen molar-refractivity contribution in [1.82, 2.24) is 9.97 Å². The van der Waals surface area contributed by atoms with E-state index in [-0.39, 0.29) is 10.6 Å². The summed E-state index contributed by atoms with van der Waals surface area (Å²) in [7, 11) is 0. The maximum Gasteiger partial charge on any atom is 0.311 e. The number of hydrogen-bond acceptors (Lipinski definition) is 6. The van der Waals surface area contributed by atoms with Crippen molar-refractivity contribution in [2.75, 3.05) is 18.0 Å². The van der Waals surface area contributed by atoms with Crippen LogP contribution in [0.5, 0.6) is 0 Å². The summed E-state index contributed by atoms with van der Waals surface area (Å²) in [6.07, 6.45) is 5.29. The van der Waals surface area contributed by atoms with E-state index in [0.717, 1.165) is 36.8 Å². The summed E-state index contributed by atoms with van der Waals surface area (Å²) in [6.45, 7) is 1.61. The van der Waals surface area contributed by atoms with Gasteiger partial charge in [0, 0.05) is 29.5 Å². The normalized spacial score (nSPS) is 15.8. The fourth-order valence-corrected chi connectivity index (χ4v) is 4.19. The van der Waals surface area contributed by atoms with E-state index in [0.29, 0.717) is 11.6 Å². The first kappa shape index (κ1) is 15.0. The maximum absolute atomic E-state index is 11.5. The second-order valence-electron chi connectivity index (χ2n) is 5.93. The minimum atomic E-state index is -0.329. The zero-order chi connectivity index (χ0) is 16.5. The Hall–Kier alpha value is -2.54. The average Bonchev–Trinajstić information content (AvgIpc) is 3.15. The molecular weight excluding hydrogens is 324 g/mol. The first-order chi connectivity index (χ1) is 11.7. The largest absolute Gasteiger partial charge is 0.365 e. The number of pyridine rings is 1. The van der Waals surface area contributed by atoms with E-state index in [1.54, 1.807) is 11.3 Å². The van der Waals surface area contributed by atoms with Crippen LogP contribution in [0.4, 0.5) is 11.4 Å². The number of anilines is 1. The minimum Gasteiger partial charge on any atom is -0.365 e. The average molecular weight is 340 g/mol. The van der Waals surface area contributed by atoms with E-state index in [1.165, 1.54) is 11.1 Å². The van der Waals surface area contributed by atoms with Crippen molar-refractivity contribution in [3.05, 3.63) is 57.2 Å². The Morgan fingerprint density at radius 2 is 2.00 bits per heavy atom. The Labute approximate surface area is 142 Å². The number of rotatable bonds is 3. The third-order valence-electron chi connectivity index (χ3n) is 4.59. The number of para-hydroxylation sites is 1. The summed E-state index contributed by atoms with van der Waals surface area (Å²) in [5.41, 5.74) is 3.45. The molecule has 0 spiro atoms. The lowest BCUT2D eigenvalue weighted by Gasteiger charge is -2.33. The van der Waals surface area contributed by atoms with E-state index < -0.39 is 0 Å². The summed E-state index contributed by atoms with van der Waals surface area (Å²) < 4.78 is 0. The third kappa shape index (κ3) is 2.60. The summed E-state index contributed by atoms with van der Waals surface area (Å²) >= 11 is 1.69. The molecule has 0 aliphatic carbocycles. The fourth-order valence-electron chi connectivity index (χ4n) is 3.40. The van der Waals surface area contributed by atoms with Crippen LogP contribution in [0.3, 0.4) is 0 Å². The summed E-state index contributed by atoms with van der Waals surface area (Å²) in [6, 6.07) is 7.62. The molecule has 6 nitrogen and oxygen atoms in total. The second-order valence-corrected chi connectivity index (χ2v) is 6.85. The molecule has 3 aromatic rings. The number of nitrogens with zero attached hydrogens (tertiary/aromatic N) is 4. The number of piperidine rings is 1. The highest BCUT2D eigenvalue weighted by Gasteiger charge is 2.28. The first-order valence-corrected chi connectivity index (χ1v) is 8.77. The molecule has 1 fully saturated rings. The highest BCUT2D eigenvalue weighted by Crippen LogP contribution is 2.39. The van der Waals surface area contributed by atoms with Gasteiger partial charge in [0.1, 0.15) is 11.9 Å². The predicted octanol–water partition coefficient (Wildman–Crippen LogP) is 3.98. The van der Waals surface area contributed by atoms with Crippen molar-refractivity contribution in [2.45, 2.75) is 18.8 Å². The lowest BCUT2D eigenvalue weighted by atomic mass is 9.95. The van der Waals surface area contributed by atoms with Crippen LogP contribution in [0.2, 0.25) is 0 Å². The molecule has 1 aromatic carbocycles. The molecular formula is C17H16N4O2S. The van der Waals surface area contributed by atoms with E-state index >= 15 is 0 Å². The van der Waals surface area contributed by atoms with Crippen molar-refractivity contribution in [1.29, 1.82) is 0 Å². The van der Waals surface area contributed by atoms with Gasteiger partial charge in [-0.3, -0.25) is 15.1 Å². The van der Waals surface area contributed by atoms with Crippen molar-refractivity contribution in [2.24, 2.45) is 0 Å². The molecule has 0 N–H and O–H groups in total. The van der Waals surface area contributed by atoms with E-state index in [2.05, 4.69) is 14.9 Å². The van der Waals surface area contributed by atoms with Gasteiger partial charge in [0.15, 0.2) is 0 Å². The molecule has 0 saturated carbocycles. The highest BCUT2D eigenvalue weighted by atomic mass is 32.1.